The van der Waals surface area contributed by atoms with E-state index in [-0.39, 0.29) is 16.7 Å². The Balaban J connectivity index is 2.63. The average Bonchev–Trinajstić information content (AvgIpc) is 2.41. The van der Waals surface area contributed by atoms with Gasteiger partial charge in [-0.2, -0.15) is 0 Å². The SMILES string of the molecule is CC(C)(SCC(=O)Nc1cccc(Cl)c1Cl)[C@@H](N)C(=O)O. The topological polar surface area (TPSA) is 92.4 Å². The number of hydrogen-bond acceptors (Lipinski definition) is 4. The van der Waals surface area contributed by atoms with E-state index in [2.05, 4.69) is 5.32 Å². The van der Waals surface area contributed by atoms with Gasteiger partial charge in [0, 0.05) is 4.75 Å². The minimum absolute atomic E-state index is 0.0524. The van der Waals surface area contributed by atoms with Crippen LogP contribution in [0.3, 0.4) is 0 Å². The molecule has 0 radical (unpaired) electrons. The lowest BCUT2D eigenvalue weighted by atomic mass is 10.1. The minimum Gasteiger partial charge on any atom is -0.480 e. The Morgan fingerprint density at radius 2 is 2.05 bits per heavy atom. The highest BCUT2D eigenvalue weighted by Gasteiger charge is 2.33. The van der Waals surface area contributed by atoms with Crippen molar-refractivity contribution in [2.75, 3.05) is 11.1 Å². The first-order valence-corrected chi connectivity index (χ1v) is 7.75. The standard InChI is InChI=1S/C13H16Cl2N2O3S/c1-13(2,11(16)12(19)20)21-6-9(18)17-8-5-3-4-7(14)10(8)15/h3-5,11H,6,16H2,1-2H3,(H,17,18)(H,19,20)/t11-/m0/s1. The van der Waals surface area contributed by atoms with E-state index in [1.165, 1.54) is 0 Å². The number of anilines is 1. The Bertz CT molecular complexity index is 552. The maximum absolute atomic E-state index is 11.9. The number of hydrogen-bond donors (Lipinski definition) is 3. The predicted octanol–water partition coefficient (Wildman–Crippen LogP) is 2.86. The number of halogens is 2. The van der Waals surface area contributed by atoms with E-state index in [1.807, 2.05) is 0 Å². The third-order valence-corrected chi connectivity index (χ3v) is 5.04. The summed E-state index contributed by atoms with van der Waals surface area (Å²) in [5.74, 6) is -1.36. The quantitative estimate of drug-likeness (QED) is 0.733. The molecule has 0 saturated heterocycles. The van der Waals surface area contributed by atoms with E-state index in [1.54, 1.807) is 32.0 Å². The van der Waals surface area contributed by atoms with Crippen LogP contribution in [0.5, 0.6) is 0 Å². The van der Waals surface area contributed by atoms with Crippen molar-refractivity contribution in [3.8, 4) is 0 Å². The lowest BCUT2D eigenvalue weighted by Crippen LogP contribution is -2.47. The number of nitrogens with two attached hydrogens (primary N) is 1. The van der Waals surface area contributed by atoms with Crippen LogP contribution < -0.4 is 11.1 Å². The molecule has 0 bridgehead atoms. The fourth-order valence-electron chi connectivity index (χ4n) is 1.43. The molecule has 0 aliphatic carbocycles. The molecule has 0 aromatic heterocycles. The second-order valence-corrected chi connectivity index (χ2v) is 7.27. The van der Waals surface area contributed by atoms with Crippen LogP contribution in [0.4, 0.5) is 5.69 Å². The smallest absolute Gasteiger partial charge is 0.321 e. The van der Waals surface area contributed by atoms with Gasteiger partial charge in [-0.1, -0.05) is 29.3 Å². The molecule has 21 heavy (non-hydrogen) atoms. The molecule has 0 fully saturated rings. The van der Waals surface area contributed by atoms with Gasteiger partial charge in [0.15, 0.2) is 0 Å². The van der Waals surface area contributed by atoms with Gasteiger partial charge in [0.05, 0.1) is 21.5 Å². The molecule has 0 aliphatic heterocycles. The fraction of sp³-hybridized carbons (Fsp3) is 0.385. The highest BCUT2D eigenvalue weighted by Crippen LogP contribution is 2.31. The van der Waals surface area contributed by atoms with Gasteiger partial charge < -0.3 is 16.2 Å². The largest absolute Gasteiger partial charge is 0.480 e. The van der Waals surface area contributed by atoms with E-state index in [9.17, 15) is 9.59 Å². The number of carboxylic acids is 1. The third kappa shape index (κ3) is 5.07. The summed E-state index contributed by atoms with van der Waals surface area (Å²) in [6.07, 6.45) is 0. The molecule has 5 nitrogen and oxygen atoms in total. The normalized spacial score (nSPS) is 12.8. The van der Waals surface area contributed by atoms with Crippen LogP contribution in [0.1, 0.15) is 13.8 Å². The van der Waals surface area contributed by atoms with Crippen LogP contribution >= 0.6 is 35.0 Å². The summed E-state index contributed by atoms with van der Waals surface area (Å²) in [5, 5.41) is 12.1. The van der Waals surface area contributed by atoms with E-state index in [0.29, 0.717) is 10.7 Å². The summed E-state index contributed by atoms with van der Waals surface area (Å²) >= 11 is 13.0. The van der Waals surface area contributed by atoms with E-state index in [0.717, 1.165) is 11.8 Å². The molecule has 1 atom stereocenters. The zero-order valence-electron chi connectivity index (χ0n) is 11.5. The molecule has 0 unspecified atom stereocenters. The first-order valence-electron chi connectivity index (χ1n) is 6.01. The molecule has 1 amide bonds. The van der Waals surface area contributed by atoms with E-state index < -0.39 is 16.8 Å². The monoisotopic (exact) mass is 350 g/mol. The molecule has 0 aliphatic rings. The van der Waals surface area contributed by atoms with Crippen molar-refractivity contribution in [1.82, 2.24) is 0 Å². The summed E-state index contributed by atoms with van der Waals surface area (Å²) in [6.45, 7) is 3.35. The number of carbonyl (C=O) groups excluding carboxylic acids is 1. The van der Waals surface area contributed by atoms with Crippen LogP contribution in [0, 0.1) is 0 Å². The van der Waals surface area contributed by atoms with Gasteiger partial charge in [0.25, 0.3) is 0 Å². The number of carbonyl (C=O) groups is 2. The third-order valence-electron chi connectivity index (χ3n) is 2.82. The van der Waals surface area contributed by atoms with Crippen LogP contribution in [0.2, 0.25) is 10.0 Å². The molecule has 1 aromatic rings. The van der Waals surface area contributed by atoms with Crippen molar-refractivity contribution >= 4 is 52.5 Å². The van der Waals surface area contributed by atoms with Crippen LogP contribution in [-0.2, 0) is 9.59 Å². The summed E-state index contributed by atoms with van der Waals surface area (Å²) < 4.78 is -0.776. The van der Waals surface area contributed by atoms with E-state index >= 15 is 0 Å². The molecule has 4 N–H and O–H groups in total. The second kappa shape index (κ2) is 7.35. The summed E-state index contributed by atoms with van der Waals surface area (Å²) in [5.41, 5.74) is 6.00. The summed E-state index contributed by atoms with van der Waals surface area (Å²) in [7, 11) is 0. The Morgan fingerprint density at radius 3 is 2.62 bits per heavy atom. The molecule has 0 spiro atoms. The Morgan fingerprint density at radius 1 is 1.43 bits per heavy atom. The van der Waals surface area contributed by atoms with Crippen molar-refractivity contribution in [1.29, 1.82) is 0 Å². The molecule has 1 rings (SSSR count). The number of rotatable bonds is 6. The number of benzene rings is 1. The fourth-order valence-corrected chi connectivity index (χ4v) is 2.63. The number of aliphatic carboxylic acids is 1. The maximum atomic E-state index is 11.9. The van der Waals surface area contributed by atoms with Crippen molar-refractivity contribution in [3.05, 3.63) is 28.2 Å². The molecule has 0 saturated carbocycles. The summed E-state index contributed by atoms with van der Waals surface area (Å²) in [4.78, 5) is 22.8. The maximum Gasteiger partial charge on any atom is 0.321 e. The average molecular weight is 351 g/mol. The molecular weight excluding hydrogens is 335 g/mol. The number of nitrogens with one attached hydrogen (secondary N) is 1. The van der Waals surface area contributed by atoms with Gasteiger partial charge in [-0.05, 0) is 26.0 Å². The Hall–Kier alpha value is -0.950. The van der Waals surface area contributed by atoms with Gasteiger partial charge in [-0.25, -0.2) is 0 Å². The lowest BCUT2D eigenvalue weighted by Gasteiger charge is -2.27. The number of thioether (sulfide) groups is 1. The second-order valence-electron chi connectivity index (χ2n) is 4.86. The first kappa shape index (κ1) is 18.1. The summed E-state index contributed by atoms with van der Waals surface area (Å²) in [6, 6.07) is 3.85. The van der Waals surface area contributed by atoms with Crippen LogP contribution in [0.25, 0.3) is 0 Å². The molecule has 116 valence electrons. The van der Waals surface area contributed by atoms with Crippen LogP contribution in [0.15, 0.2) is 18.2 Å². The van der Waals surface area contributed by atoms with E-state index in [4.69, 9.17) is 34.0 Å². The van der Waals surface area contributed by atoms with Gasteiger partial charge in [0.1, 0.15) is 6.04 Å². The van der Waals surface area contributed by atoms with Gasteiger partial charge in [-0.15, -0.1) is 11.8 Å². The van der Waals surface area contributed by atoms with Crippen molar-refractivity contribution in [2.45, 2.75) is 24.6 Å². The predicted molar refractivity (Wildman–Crippen MR) is 87.2 cm³/mol. The Kier molecular flexibility index (Phi) is 6.34. The van der Waals surface area contributed by atoms with Crippen molar-refractivity contribution in [2.24, 2.45) is 5.73 Å². The van der Waals surface area contributed by atoms with Crippen LogP contribution in [-0.4, -0.2) is 33.5 Å². The van der Waals surface area contributed by atoms with Gasteiger partial charge >= 0.3 is 5.97 Å². The molecule has 0 heterocycles. The zero-order valence-corrected chi connectivity index (χ0v) is 13.9. The lowest BCUT2D eigenvalue weighted by molar-refractivity contribution is -0.139. The molecular formula is C13H16Cl2N2O3S. The highest BCUT2D eigenvalue weighted by atomic mass is 35.5. The minimum atomic E-state index is -1.11. The molecule has 8 heteroatoms. The van der Waals surface area contributed by atoms with Gasteiger partial charge in [-0.3, -0.25) is 9.59 Å². The zero-order chi connectivity index (χ0) is 16.2. The Labute approximate surface area is 137 Å². The molecule has 1 aromatic carbocycles. The number of carboxylic acid groups (broad SMARTS) is 1. The van der Waals surface area contributed by atoms with Gasteiger partial charge in [0.2, 0.25) is 5.91 Å². The number of amides is 1. The van der Waals surface area contributed by atoms with Crippen molar-refractivity contribution in [3.63, 3.8) is 0 Å². The highest BCUT2D eigenvalue weighted by molar-refractivity contribution is 8.01. The van der Waals surface area contributed by atoms with Crippen molar-refractivity contribution < 1.29 is 14.7 Å². The first-order chi connectivity index (χ1) is 9.65.